The number of aliphatic imine (C=N–C) groups is 1. The van der Waals surface area contributed by atoms with Crippen LogP contribution in [0.25, 0.3) is 0 Å². The number of azo groups is 1. The standard InChI is InChI=1S/C48H62N6O12/c1-6-59-27-28-61-22-17-52-18-23-62-30-29-60-21-16-49-42-12-8-36(3)32-45(42)64-24-19-53(20-25-65-46-33-37(4)9-14-43(46)52)44-15-10-38(34-47(44)66-31-26-58-5)50-51-41-13-11-39(54(56)57)35-40(41)48(55)63-7-2/h8-16,32-35H,6-7,17-31H2,1-5H3. The third-order valence-corrected chi connectivity index (χ3v) is 9.98. The molecule has 356 valence electrons. The number of benzene rings is 4. The van der Waals surface area contributed by atoms with Gasteiger partial charge in [0.2, 0.25) is 0 Å². The lowest BCUT2D eigenvalue weighted by Gasteiger charge is -2.29. The highest BCUT2D eigenvalue weighted by molar-refractivity contribution is 5.95. The van der Waals surface area contributed by atoms with Crippen LogP contribution in [0.3, 0.4) is 0 Å². The summed E-state index contributed by atoms with van der Waals surface area (Å²) in [5, 5.41) is 20.2. The summed E-state index contributed by atoms with van der Waals surface area (Å²) in [5.74, 6) is 1.08. The summed E-state index contributed by atoms with van der Waals surface area (Å²) in [6.07, 6.45) is 1.72. The Balaban J connectivity index is 1.48. The Morgan fingerprint density at radius 3 is 2.27 bits per heavy atom. The molecule has 0 aliphatic carbocycles. The van der Waals surface area contributed by atoms with Crippen LogP contribution in [-0.4, -0.2) is 136 Å². The fraction of sp³-hybridized carbons (Fsp3) is 0.458. The molecule has 4 aromatic rings. The fourth-order valence-electron chi connectivity index (χ4n) is 6.67. The van der Waals surface area contributed by atoms with E-state index < -0.39 is 10.9 Å². The summed E-state index contributed by atoms with van der Waals surface area (Å²) >= 11 is 0. The molecular weight excluding hydrogens is 853 g/mol. The summed E-state index contributed by atoms with van der Waals surface area (Å²) < 4.78 is 53.1. The summed E-state index contributed by atoms with van der Waals surface area (Å²) in [7, 11) is 1.59. The van der Waals surface area contributed by atoms with Gasteiger partial charge in [0.15, 0.2) is 0 Å². The topological polar surface area (TPSA) is 187 Å². The SMILES string of the molecule is CCOCCOCCN1CCOCCOCC=Nc2ccc(C)cc2OCCN(c2ccc(N=Nc3ccc([N+](=O)[O-])cc3C(=O)OCC)cc2OCCOC)CCOc2cc(C)ccc21. The van der Waals surface area contributed by atoms with E-state index in [2.05, 4.69) is 37.2 Å². The molecule has 0 saturated carbocycles. The molecule has 0 aromatic heterocycles. The molecule has 0 bridgehead atoms. The van der Waals surface area contributed by atoms with Crippen LogP contribution in [0.4, 0.5) is 34.1 Å². The zero-order valence-electron chi connectivity index (χ0n) is 38.6. The van der Waals surface area contributed by atoms with E-state index in [1.807, 2.05) is 51.1 Å². The smallest absolute Gasteiger partial charge is 0.340 e. The van der Waals surface area contributed by atoms with Gasteiger partial charge in [-0.2, -0.15) is 5.11 Å². The van der Waals surface area contributed by atoms with E-state index in [-0.39, 0.29) is 36.8 Å². The molecule has 0 spiro atoms. The summed E-state index contributed by atoms with van der Waals surface area (Å²) in [6.45, 7) is 14.6. The number of ether oxygens (including phenoxy) is 9. The monoisotopic (exact) mass is 914 g/mol. The Bertz CT molecular complexity index is 2210. The maximum Gasteiger partial charge on any atom is 0.340 e. The van der Waals surface area contributed by atoms with E-state index in [1.165, 1.54) is 12.1 Å². The van der Waals surface area contributed by atoms with Crippen LogP contribution >= 0.6 is 0 Å². The average molecular weight is 915 g/mol. The lowest BCUT2D eigenvalue weighted by molar-refractivity contribution is -0.384. The van der Waals surface area contributed by atoms with Gasteiger partial charge in [-0.15, -0.1) is 5.11 Å². The van der Waals surface area contributed by atoms with E-state index in [9.17, 15) is 14.9 Å². The van der Waals surface area contributed by atoms with Gasteiger partial charge in [0.1, 0.15) is 48.4 Å². The number of nitrogens with zero attached hydrogens (tertiary/aromatic N) is 6. The van der Waals surface area contributed by atoms with Gasteiger partial charge in [0, 0.05) is 51.2 Å². The maximum absolute atomic E-state index is 12.8. The number of rotatable bonds is 17. The second-order valence-corrected chi connectivity index (χ2v) is 14.8. The highest BCUT2D eigenvalue weighted by atomic mass is 16.6. The molecule has 18 heteroatoms. The van der Waals surface area contributed by atoms with Crippen molar-refractivity contribution in [3.05, 3.63) is 99.6 Å². The van der Waals surface area contributed by atoms with Crippen LogP contribution in [-0.2, 0) is 28.4 Å². The number of methoxy groups -OCH3 is 1. The Morgan fingerprint density at radius 1 is 0.758 bits per heavy atom. The molecule has 1 aliphatic heterocycles. The van der Waals surface area contributed by atoms with Crippen LogP contribution in [0.2, 0.25) is 0 Å². The van der Waals surface area contributed by atoms with Crippen LogP contribution in [0.5, 0.6) is 17.2 Å². The normalized spacial score (nSPS) is 14.4. The summed E-state index contributed by atoms with van der Waals surface area (Å²) in [4.78, 5) is 32.7. The van der Waals surface area contributed by atoms with Gasteiger partial charge >= 0.3 is 5.97 Å². The van der Waals surface area contributed by atoms with Crippen molar-refractivity contribution in [1.29, 1.82) is 0 Å². The van der Waals surface area contributed by atoms with Crippen molar-refractivity contribution in [3.63, 3.8) is 0 Å². The number of esters is 1. The molecule has 1 heterocycles. The molecule has 18 nitrogen and oxygen atoms in total. The van der Waals surface area contributed by atoms with E-state index in [0.29, 0.717) is 115 Å². The Morgan fingerprint density at radius 2 is 1.50 bits per heavy atom. The van der Waals surface area contributed by atoms with E-state index in [4.69, 9.17) is 42.6 Å². The number of hydrogen-bond donors (Lipinski definition) is 0. The number of nitro groups is 1. The largest absolute Gasteiger partial charge is 0.490 e. The minimum absolute atomic E-state index is 0.0784. The number of aryl methyl sites for hydroxylation is 2. The Kier molecular flexibility index (Phi) is 21.5. The van der Waals surface area contributed by atoms with Gasteiger partial charge in [0.05, 0.1) is 100 Å². The molecule has 0 N–H and O–H groups in total. The molecular formula is C48H62N6O12. The third-order valence-electron chi connectivity index (χ3n) is 9.98. The van der Waals surface area contributed by atoms with Crippen molar-refractivity contribution in [2.75, 3.05) is 129 Å². The van der Waals surface area contributed by atoms with Crippen molar-refractivity contribution in [3.8, 4) is 17.2 Å². The van der Waals surface area contributed by atoms with Crippen LogP contribution in [0.15, 0.2) is 88.0 Å². The van der Waals surface area contributed by atoms with Gasteiger partial charge in [-0.1, -0.05) is 12.1 Å². The number of anilines is 2. The Labute approximate surface area is 386 Å². The summed E-state index contributed by atoms with van der Waals surface area (Å²) in [6, 6.07) is 21.1. The molecule has 4 aromatic carbocycles. The second kappa shape index (κ2) is 28.0. The maximum atomic E-state index is 12.8. The molecule has 5 rings (SSSR count). The van der Waals surface area contributed by atoms with Gasteiger partial charge in [-0.3, -0.25) is 15.1 Å². The number of non-ortho nitro benzene ring substituents is 1. The van der Waals surface area contributed by atoms with Gasteiger partial charge in [-0.25, -0.2) is 4.79 Å². The van der Waals surface area contributed by atoms with Crippen LogP contribution < -0.4 is 24.0 Å². The first-order valence-corrected chi connectivity index (χ1v) is 22.1. The summed E-state index contributed by atoms with van der Waals surface area (Å²) in [5.41, 5.74) is 4.53. The van der Waals surface area contributed by atoms with Gasteiger partial charge in [-0.05, 0) is 81.3 Å². The predicted octanol–water partition coefficient (Wildman–Crippen LogP) is 8.40. The van der Waals surface area contributed by atoms with Crippen LogP contribution in [0, 0.1) is 24.0 Å². The lowest BCUT2D eigenvalue weighted by Crippen LogP contribution is -2.34. The van der Waals surface area contributed by atoms with Crippen molar-refractivity contribution in [2.45, 2.75) is 27.7 Å². The number of fused-ring (bicyclic) bond motifs is 2. The number of carbonyl (C=O) groups excluding carboxylic acids is 1. The first kappa shape index (κ1) is 50.8. The first-order valence-electron chi connectivity index (χ1n) is 22.1. The zero-order valence-corrected chi connectivity index (χ0v) is 38.6. The Hall–Kier alpha value is -6.18. The van der Waals surface area contributed by atoms with Crippen molar-refractivity contribution in [2.24, 2.45) is 15.2 Å². The quantitative estimate of drug-likeness (QED) is 0.0323. The molecule has 66 heavy (non-hydrogen) atoms. The van der Waals surface area contributed by atoms with Gasteiger partial charge < -0.3 is 52.4 Å². The highest BCUT2D eigenvalue weighted by Gasteiger charge is 2.20. The molecule has 0 saturated heterocycles. The molecule has 0 amide bonds. The highest BCUT2D eigenvalue weighted by Crippen LogP contribution is 2.36. The molecule has 0 atom stereocenters. The lowest BCUT2D eigenvalue weighted by atomic mass is 10.1. The van der Waals surface area contributed by atoms with Gasteiger partial charge in [0.25, 0.3) is 5.69 Å². The fourth-order valence-corrected chi connectivity index (χ4v) is 6.67. The first-order chi connectivity index (χ1) is 32.2. The van der Waals surface area contributed by atoms with E-state index >= 15 is 0 Å². The zero-order chi connectivity index (χ0) is 46.9. The predicted molar refractivity (Wildman–Crippen MR) is 252 cm³/mol. The molecule has 0 radical (unpaired) electrons. The molecule has 1 aliphatic rings. The van der Waals surface area contributed by atoms with Crippen molar-refractivity contribution < 1.29 is 52.3 Å². The minimum atomic E-state index is -0.751. The number of hydrogen-bond acceptors (Lipinski definition) is 17. The minimum Gasteiger partial charge on any atom is -0.490 e. The van der Waals surface area contributed by atoms with Crippen molar-refractivity contribution in [1.82, 2.24) is 0 Å². The molecule has 0 fully saturated rings. The second-order valence-electron chi connectivity index (χ2n) is 14.8. The number of carbonyl (C=O) groups is 1. The van der Waals surface area contributed by atoms with E-state index in [0.717, 1.165) is 34.3 Å². The van der Waals surface area contributed by atoms with Crippen molar-refractivity contribution >= 4 is 46.3 Å². The number of nitro benzene ring substituents is 1. The van der Waals surface area contributed by atoms with Crippen LogP contribution in [0.1, 0.15) is 35.3 Å². The van der Waals surface area contributed by atoms with E-state index in [1.54, 1.807) is 32.4 Å². The average Bonchev–Trinajstić information content (AvgIpc) is 3.31. The molecule has 0 unspecified atom stereocenters. The third kappa shape index (κ3) is 16.4.